The standard InChI is InChI=1S/C15H13NO3/c17-8-2-4-11-3-1-5-12(9-11)13-6-7-14(15(18)19)16-10-13/h1,3,5-10H,2,4H2,(H,18,19). The van der Waals surface area contributed by atoms with Crippen molar-refractivity contribution in [2.75, 3.05) is 0 Å². The lowest BCUT2D eigenvalue weighted by atomic mass is 10.0. The molecule has 0 saturated carbocycles. The summed E-state index contributed by atoms with van der Waals surface area (Å²) in [5.74, 6) is -1.04. The average Bonchev–Trinajstić information content (AvgIpc) is 2.45. The first-order valence-electron chi connectivity index (χ1n) is 5.93. The van der Waals surface area contributed by atoms with E-state index in [0.29, 0.717) is 12.8 Å². The Kier molecular flexibility index (Phi) is 4.03. The number of aldehydes is 1. The largest absolute Gasteiger partial charge is 0.477 e. The number of carbonyl (C=O) groups is 2. The minimum absolute atomic E-state index is 0.0286. The van der Waals surface area contributed by atoms with E-state index in [4.69, 9.17) is 5.11 Å². The zero-order chi connectivity index (χ0) is 13.7. The Morgan fingerprint density at radius 1 is 1.21 bits per heavy atom. The van der Waals surface area contributed by atoms with E-state index in [-0.39, 0.29) is 5.69 Å². The maximum absolute atomic E-state index is 10.7. The fourth-order valence-corrected chi connectivity index (χ4v) is 1.82. The lowest BCUT2D eigenvalue weighted by Crippen LogP contribution is -1.99. The van der Waals surface area contributed by atoms with Gasteiger partial charge < -0.3 is 9.90 Å². The second kappa shape index (κ2) is 5.91. The molecule has 0 saturated heterocycles. The molecule has 19 heavy (non-hydrogen) atoms. The number of aromatic nitrogens is 1. The predicted octanol–water partition coefficient (Wildman–Crippen LogP) is 2.58. The Balaban J connectivity index is 2.25. The molecule has 0 spiro atoms. The van der Waals surface area contributed by atoms with Gasteiger partial charge >= 0.3 is 5.97 Å². The minimum atomic E-state index is -1.04. The molecule has 0 amide bonds. The molecule has 1 N–H and O–H groups in total. The summed E-state index contributed by atoms with van der Waals surface area (Å²) >= 11 is 0. The highest BCUT2D eigenvalue weighted by molar-refractivity contribution is 5.85. The minimum Gasteiger partial charge on any atom is -0.477 e. The molecule has 0 fully saturated rings. The van der Waals surface area contributed by atoms with Crippen LogP contribution in [-0.4, -0.2) is 22.3 Å². The number of nitrogens with zero attached hydrogens (tertiary/aromatic N) is 1. The monoisotopic (exact) mass is 255 g/mol. The van der Waals surface area contributed by atoms with E-state index in [1.165, 1.54) is 6.07 Å². The third-order valence-corrected chi connectivity index (χ3v) is 2.79. The van der Waals surface area contributed by atoms with Crippen molar-refractivity contribution >= 4 is 12.3 Å². The van der Waals surface area contributed by atoms with Crippen molar-refractivity contribution in [2.45, 2.75) is 12.8 Å². The fourth-order valence-electron chi connectivity index (χ4n) is 1.82. The van der Waals surface area contributed by atoms with Gasteiger partial charge in [-0.25, -0.2) is 9.78 Å². The van der Waals surface area contributed by atoms with Gasteiger partial charge in [-0.15, -0.1) is 0 Å². The number of hydrogen-bond donors (Lipinski definition) is 1. The summed E-state index contributed by atoms with van der Waals surface area (Å²) in [5.41, 5.74) is 2.93. The van der Waals surface area contributed by atoms with Gasteiger partial charge in [0, 0.05) is 18.2 Å². The maximum atomic E-state index is 10.7. The van der Waals surface area contributed by atoms with Crippen molar-refractivity contribution in [1.29, 1.82) is 0 Å². The van der Waals surface area contributed by atoms with E-state index in [1.807, 2.05) is 24.3 Å². The molecule has 0 aliphatic heterocycles. The van der Waals surface area contributed by atoms with Crippen LogP contribution in [0.25, 0.3) is 11.1 Å². The number of carboxylic acids is 1. The SMILES string of the molecule is O=CCCc1cccc(-c2ccc(C(=O)O)nc2)c1. The first-order valence-corrected chi connectivity index (χ1v) is 5.93. The number of aryl methyl sites for hydroxylation is 1. The zero-order valence-electron chi connectivity index (χ0n) is 10.2. The summed E-state index contributed by atoms with van der Waals surface area (Å²) in [6.07, 6.45) is 3.65. The quantitative estimate of drug-likeness (QED) is 0.834. The third kappa shape index (κ3) is 3.25. The lowest BCUT2D eigenvalue weighted by molar-refractivity contribution is -0.107. The summed E-state index contributed by atoms with van der Waals surface area (Å²) in [7, 11) is 0. The first kappa shape index (κ1) is 13.0. The van der Waals surface area contributed by atoms with Crippen LogP contribution in [0.1, 0.15) is 22.5 Å². The number of pyridine rings is 1. The molecule has 0 radical (unpaired) electrons. The third-order valence-electron chi connectivity index (χ3n) is 2.79. The number of rotatable bonds is 5. The highest BCUT2D eigenvalue weighted by Gasteiger charge is 2.05. The molecule has 0 bridgehead atoms. The molecular weight excluding hydrogens is 242 g/mol. The molecule has 2 rings (SSSR count). The van der Waals surface area contributed by atoms with E-state index in [9.17, 15) is 9.59 Å². The molecule has 4 nitrogen and oxygen atoms in total. The van der Waals surface area contributed by atoms with Crippen molar-refractivity contribution in [2.24, 2.45) is 0 Å². The maximum Gasteiger partial charge on any atom is 0.354 e. The van der Waals surface area contributed by atoms with Crippen LogP contribution in [0.4, 0.5) is 0 Å². The molecule has 1 aromatic carbocycles. The number of carboxylic acid groups (broad SMARTS) is 1. The fraction of sp³-hybridized carbons (Fsp3) is 0.133. The van der Waals surface area contributed by atoms with Crippen LogP contribution < -0.4 is 0 Å². The molecule has 1 heterocycles. The Bertz CT molecular complexity index is 591. The van der Waals surface area contributed by atoms with Crippen LogP contribution in [0.5, 0.6) is 0 Å². The van der Waals surface area contributed by atoms with Crippen LogP contribution in [0.2, 0.25) is 0 Å². The molecule has 0 aliphatic rings. The van der Waals surface area contributed by atoms with Crippen LogP contribution in [0.3, 0.4) is 0 Å². The average molecular weight is 255 g/mol. The predicted molar refractivity (Wildman–Crippen MR) is 71.0 cm³/mol. The highest BCUT2D eigenvalue weighted by Crippen LogP contribution is 2.20. The topological polar surface area (TPSA) is 67.3 Å². The summed E-state index contributed by atoms with van der Waals surface area (Å²) in [6, 6.07) is 11.0. The van der Waals surface area contributed by atoms with E-state index >= 15 is 0 Å². The number of hydrogen-bond acceptors (Lipinski definition) is 3. The molecule has 4 heteroatoms. The first-order chi connectivity index (χ1) is 9.20. The molecule has 2 aromatic rings. The van der Waals surface area contributed by atoms with E-state index in [0.717, 1.165) is 23.0 Å². The Morgan fingerprint density at radius 3 is 2.68 bits per heavy atom. The molecule has 0 atom stereocenters. The zero-order valence-corrected chi connectivity index (χ0v) is 10.2. The smallest absolute Gasteiger partial charge is 0.354 e. The van der Waals surface area contributed by atoms with E-state index in [2.05, 4.69) is 4.98 Å². The van der Waals surface area contributed by atoms with Gasteiger partial charge in [-0.3, -0.25) is 0 Å². The van der Waals surface area contributed by atoms with Crippen molar-refractivity contribution in [3.63, 3.8) is 0 Å². The second-order valence-electron chi connectivity index (χ2n) is 4.14. The van der Waals surface area contributed by atoms with Gasteiger partial charge in [-0.1, -0.05) is 30.3 Å². The highest BCUT2D eigenvalue weighted by atomic mass is 16.4. The van der Waals surface area contributed by atoms with E-state index < -0.39 is 5.97 Å². The Hall–Kier alpha value is -2.49. The van der Waals surface area contributed by atoms with Gasteiger partial charge in [0.2, 0.25) is 0 Å². The number of benzene rings is 1. The van der Waals surface area contributed by atoms with Gasteiger partial charge in [-0.2, -0.15) is 0 Å². The van der Waals surface area contributed by atoms with Gasteiger partial charge in [0.25, 0.3) is 0 Å². The summed E-state index contributed by atoms with van der Waals surface area (Å²) in [6.45, 7) is 0. The molecule has 96 valence electrons. The van der Waals surface area contributed by atoms with Crippen LogP contribution in [-0.2, 0) is 11.2 Å². The van der Waals surface area contributed by atoms with Crippen molar-refractivity contribution in [1.82, 2.24) is 4.98 Å². The van der Waals surface area contributed by atoms with Crippen molar-refractivity contribution in [3.8, 4) is 11.1 Å². The van der Waals surface area contributed by atoms with Gasteiger partial charge in [0.15, 0.2) is 0 Å². The van der Waals surface area contributed by atoms with Gasteiger partial charge in [0.1, 0.15) is 12.0 Å². The van der Waals surface area contributed by atoms with E-state index in [1.54, 1.807) is 12.3 Å². The van der Waals surface area contributed by atoms with Crippen molar-refractivity contribution in [3.05, 3.63) is 53.9 Å². The summed E-state index contributed by atoms with van der Waals surface area (Å²) in [4.78, 5) is 25.0. The number of carbonyl (C=O) groups excluding carboxylic acids is 1. The Labute approximate surface area is 110 Å². The van der Waals surface area contributed by atoms with Gasteiger partial charge in [0.05, 0.1) is 0 Å². The van der Waals surface area contributed by atoms with Gasteiger partial charge in [-0.05, 0) is 23.6 Å². The molecule has 0 unspecified atom stereocenters. The normalized spacial score (nSPS) is 10.1. The Morgan fingerprint density at radius 2 is 2.05 bits per heavy atom. The lowest BCUT2D eigenvalue weighted by Gasteiger charge is -2.04. The second-order valence-corrected chi connectivity index (χ2v) is 4.14. The van der Waals surface area contributed by atoms with Crippen LogP contribution in [0.15, 0.2) is 42.6 Å². The van der Waals surface area contributed by atoms with Crippen molar-refractivity contribution < 1.29 is 14.7 Å². The van der Waals surface area contributed by atoms with Crippen LogP contribution in [0, 0.1) is 0 Å². The number of aromatic carboxylic acids is 1. The van der Waals surface area contributed by atoms with Crippen LogP contribution >= 0.6 is 0 Å². The molecule has 0 aliphatic carbocycles. The molecule has 1 aromatic heterocycles. The summed E-state index contributed by atoms with van der Waals surface area (Å²) < 4.78 is 0. The summed E-state index contributed by atoms with van der Waals surface area (Å²) in [5, 5.41) is 8.79. The molecular formula is C15H13NO3.